The summed E-state index contributed by atoms with van der Waals surface area (Å²) >= 11 is 6.07. The molecule has 1 heterocycles. The molecule has 0 spiro atoms. The Morgan fingerprint density at radius 1 is 1.07 bits per heavy atom. The largest absolute Gasteiger partial charge is 0.467 e. The van der Waals surface area contributed by atoms with Gasteiger partial charge in [-0.15, -0.1) is 0 Å². The SMILES string of the molecule is COC(=O)[C@H]([C@@H](O)c1ccc(OC(C)=O)c(Cl)c1)N1C(=O)c2ccccc2C1=O. The summed E-state index contributed by atoms with van der Waals surface area (Å²) in [7, 11) is 1.08. The molecule has 0 saturated carbocycles. The van der Waals surface area contributed by atoms with E-state index in [9.17, 15) is 24.3 Å². The summed E-state index contributed by atoms with van der Waals surface area (Å²) in [6.07, 6.45) is -1.63. The number of hydrogen-bond donors (Lipinski definition) is 1. The number of carbonyl (C=O) groups is 4. The van der Waals surface area contributed by atoms with Crippen molar-refractivity contribution in [2.45, 2.75) is 19.1 Å². The zero-order chi connectivity index (χ0) is 21.3. The second kappa shape index (κ2) is 8.02. The second-order valence-corrected chi connectivity index (χ2v) is 6.63. The maximum absolute atomic E-state index is 12.7. The van der Waals surface area contributed by atoms with E-state index in [0.717, 1.165) is 7.11 Å². The molecular formula is C20H16ClNO7. The van der Waals surface area contributed by atoms with Gasteiger partial charge in [-0.05, 0) is 29.8 Å². The maximum Gasteiger partial charge on any atom is 0.332 e. The Morgan fingerprint density at radius 3 is 2.14 bits per heavy atom. The Bertz CT molecular complexity index is 985. The van der Waals surface area contributed by atoms with Crippen molar-refractivity contribution in [1.82, 2.24) is 4.90 Å². The van der Waals surface area contributed by atoms with Gasteiger partial charge >= 0.3 is 11.9 Å². The highest BCUT2D eigenvalue weighted by atomic mass is 35.5. The van der Waals surface area contributed by atoms with Crippen LogP contribution < -0.4 is 4.74 Å². The number of aliphatic hydroxyl groups excluding tert-OH is 1. The molecule has 3 rings (SSSR count). The number of fused-ring (bicyclic) bond motifs is 1. The van der Waals surface area contributed by atoms with Gasteiger partial charge in [0.2, 0.25) is 0 Å². The Kier molecular flexibility index (Phi) is 5.67. The van der Waals surface area contributed by atoms with E-state index in [1.807, 2.05) is 0 Å². The molecule has 0 aliphatic carbocycles. The van der Waals surface area contributed by atoms with Crippen LogP contribution in [0.15, 0.2) is 42.5 Å². The molecule has 0 radical (unpaired) electrons. The summed E-state index contributed by atoms with van der Waals surface area (Å²) < 4.78 is 9.64. The van der Waals surface area contributed by atoms with Crippen molar-refractivity contribution in [3.8, 4) is 5.75 Å². The van der Waals surface area contributed by atoms with E-state index >= 15 is 0 Å². The lowest BCUT2D eigenvalue weighted by atomic mass is 10.0. The molecule has 1 aliphatic rings. The van der Waals surface area contributed by atoms with Gasteiger partial charge in [0.05, 0.1) is 23.3 Å². The smallest absolute Gasteiger partial charge is 0.332 e. The number of carbonyl (C=O) groups excluding carboxylic acids is 4. The van der Waals surface area contributed by atoms with E-state index < -0.39 is 35.9 Å². The van der Waals surface area contributed by atoms with Gasteiger partial charge in [-0.2, -0.15) is 0 Å². The lowest BCUT2D eigenvalue weighted by Gasteiger charge is -2.28. The molecule has 2 atom stereocenters. The number of nitrogens with zero attached hydrogens (tertiary/aromatic N) is 1. The molecular weight excluding hydrogens is 402 g/mol. The van der Waals surface area contributed by atoms with Crippen LogP contribution in [0.25, 0.3) is 0 Å². The summed E-state index contributed by atoms with van der Waals surface area (Å²) in [6, 6.07) is 8.43. The van der Waals surface area contributed by atoms with E-state index in [0.29, 0.717) is 4.90 Å². The molecule has 0 bridgehead atoms. The van der Waals surface area contributed by atoms with Crippen LogP contribution in [-0.2, 0) is 14.3 Å². The fraction of sp³-hybridized carbons (Fsp3) is 0.200. The Hall–Kier alpha value is -3.23. The van der Waals surface area contributed by atoms with E-state index in [4.69, 9.17) is 21.1 Å². The fourth-order valence-electron chi connectivity index (χ4n) is 3.08. The van der Waals surface area contributed by atoms with Crippen molar-refractivity contribution < 1.29 is 33.8 Å². The van der Waals surface area contributed by atoms with Crippen LogP contribution in [0, 0.1) is 0 Å². The Labute approximate surface area is 170 Å². The summed E-state index contributed by atoms with van der Waals surface area (Å²) in [5.41, 5.74) is 0.376. The molecule has 2 aromatic carbocycles. The average Bonchev–Trinajstić information content (AvgIpc) is 2.94. The van der Waals surface area contributed by atoms with Crippen molar-refractivity contribution >= 4 is 35.4 Å². The minimum absolute atomic E-state index is 0.00252. The second-order valence-electron chi connectivity index (χ2n) is 6.22. The van der Waals surface area contributed by atoms with Crippen molar-refractivity contribution in [2.24, 2.45) is 0 Å². The number of amides is 2. The third-order valence-electron chi connectivity index (χ3n) is 4.40. The molecule has 0 unspecified atom stereocenters. The summed E-state index contributed by atoms with van der Waals surface area (Å²) in [5.74, 6) is -2.94. The minimum atomic E-state index is -1.64. The molecule has 2 aromatic rings. The van der Waals surface area contributed by atoms with Gasteiger partial charge in [-0.1, -0.05) is 29.8 Å². The molecule has 2 amide bonds. The lowest BCUT2D eigenvalue weighted by Crippen LogP contribution is -2.49. The molecule has 150 valence electrons. The predicted molar refractivity (Wildman–Crippen MR) is 100 cm³/mol. The molecule has 1 aliphatic heterocycles. The minimum Gasteiger partial charge on any atom is -0.467 e. The number of halogens is 1. The number of imide groups is 1. The van der Waals surface area contributed by atoms with Gasteiger partial charge in [0.1, 0.15) is 11.9 Å². The molecule has 0 aromatic heterocycles. The van der Waals surface area contributed by atoms with Crippen LogP contribution in [0.1, 0.15) is 39.3 Å². The van der Waals surface area contributed by atoms with Crippen molar-refractivity contribution in [2.75, 3.05) is 7.11 Å². The standard InChI is InChI=1S/C20H16ClNO7/c1-10(23)29-15-8-7-11(9-14(15)21)17(24)16(20(27)28-2)22-18(25)12-5-3-4-6-13(12)19(22)26/h3-9,16-17,24H,1-2H3/t16-,17-/m0/s1. The van der Waals surface area contributed by atoms with Crippen molar-refractivity contribution in [1.29, 1.82) is 0 Å². The van der Waals surface area contributed by atoms with Crippen molar-refractivity contribution in [3.05, 3.63) is 64.2 Å². The number of benzene rings is 2. The van der Waals surface area contributed by atoms with E-state index in [-0.39, 0.29) is 27.5 Å². The van der Waals surface area contributed by atoms with Crippen LogP contribution in [0.3, 0.4) is 0 Å². The van der Waals surface area contributed by atoms with E-state index in [1.165, 1.54) is 37.3 Å². The van der Waals surface area contributed by atoms with Crippen LogP contribution in [0.4, 0.5) is 0 Å². The van der Waals surface area contributed by atoms with Gasteiger partial charge in [0, 0.05) is 6.92 Å². The molecule has 1 N–H and O–H groups in total. The normalized spacial score (nSPS) is 15.0. The quantitative estimate of drug-likeness (QED) is 0.450. The van der Waals surface area contributed by atoms with E-state index in [2.05, 4.69) is 0 Å². The molecule has 8 nitrogen and oxygen atoms in total. The highest BCUT2D eigenvalue weighted by molar-refractivity contribution is 6.32. The van der Waals surface area contributed by atoms with Crippen molar-refractivity contribution in [3.63, 3.8) is 0 Å². The number of hydrogen-bond acceptors (Lipinski definition) is 7. The summed E-state index contributed by atoms with van der Waals surface area (Å²) in [6.45, 7) is 1.20. The number of methoxy groups -OCH3 is 1. The summed E-state index contributed by atoms with van der Waals surface area (Å²) in [4.78, 5) is 49.7. The van der Waals surface area contributed by atoms with Crippen LogP contribution in [-0.4, -0.2) is 46.9 Å². The first-order chi connectivity index (χ1) is 13.8. The highest BCUT2D eigenvalue weighted by Gasteiger charge is 2.46. The van der Waals surface area contributed by atoms with Gasteiger partial charge in [0.25, 0.3) is 11.8 Å². The summed E-state index contributed by atoms with van der Waals surface area (Å²) in [5, 5.41) is 10.8. The van der Waals surface area contributed by atoms with Gasteiger partial charge in [-0.25, -0.2) is 4.79 Å². The Morgan fingerprint density at radius 2 is 1.66 bits per heavy atom. The predicted octanol–water partition coefficient (Wildman–Crippen LogP) is 2.14. The molecule has 0 fully saturated rings. The van der Waals surface area contributed by atoms with Gasteiger partial charge in [0.15, 0.2) is 6.04 Å². The number of esters is 2. The topological polar surface area (TPSA) is 110 Å². The van der Waals surface area contributed by atoms with Gasteiger partial charge < -0.3 is 14.6 Å². The number of rotatable bonds is 5. The monoisotopic (exact) mass is 417 g/mol. The zero-order valence-electron chi connectivity index (χ0n) is 15.4. The van der Waals surface area contributed by atoms with Crippen LogP contribution in [0.5, 0.6) is 5.75 Å². The third kappa shape index (κ3) is 3.72. The Balaban J connectivity index is 1.99. The average molecular weight is 418 g/mol. The zero-order valence-corrected chi connectivity index (χ0v) is 16.2. The van der Waals surface area contributed by atoms with Gasteiger partial charge in [-0.3, -0.25) is 19.3 Å². The highest BCUT2D eigenvalue weighted by Crippen LogP contribution is 2.33. The third-order valence-corrected chi connectivity index (χ3v) is 4.69. The lowest BCUT2D eigenvalue weighted by molar-refractivity contribution is -0.149. The number of ether oxygens (including phenoxy) is 2. The first-order valence-electron chi connectivity index (χ1n) is 8.47. The fourth-order valence-corrected chi connectivity index (χ4v) is 3.31. The maximum atomic E-state index is 12.7. The first kappa shape index (κ1) is 20.5. The molecule has 29 heavy (non-hydrogen) atoms. The van der Waals surface area contributed by atoms with Crippen LogP contribution in [0.2, 0.25) is 5.02 Å². The van der Waals surface area contributed by atoms with Crippen LogP contribution >= 0.6 is 11.6 Å². The molecule has 0 saturated heterocycles. The number of aliphatic hydroxyl groups is 1. The molecule has 9 heteroatoms. The first-order valence-corrected chi connectivity index (χ1v) is 8.84. The van der Waals surface area contributed by atoms with E-state index in [1.54, 1.807) is 12.1 Å².